The van der Waals surface area contributed by atoms with Crippen LogP contribution in [0.15, 0.2) is 24.3 Å². The minimum Gasteiger partial charge on any atom is -0.493 e. The van der Waals surface area contributed by atoms with Crippen LogP contribution in [0.25, 0.3) is 0 Å². The first-order chi connectivity index (χ1) is 8.72. The lowest BCUT2D eigenvalue weighted by atomic mass is 9.92. The number of para-hydroxylation sites is 1. The van der Waals surface area contributed by atoms with E-state index in [-0.39, 0.29) is 6.04 Å². The molecule has 3 atom stereocenters. The number of hydrogen-bond acceptors (Lipinski definition) is 4. The average Bonchev–Trinajstić information content (AvgIpc) is 2.38. The van der Waals surface area contributed by atoms with E-state index in [1.54, 1.807) is 7.11 Å². The molecule has 0 aliphatic carbocycles. The minimum absolute atomic E-state index is 0.224. The summed E-state index contributed by atoms with van der Waals surface area (Å²) < 4.78 is 10.6. The van der Waals surface area contributed by atoms with Gasteiger partial charge in [-0.25, -0.2) is 0 Å². The molecule has 2 N–H and O–H groups in total. The Morgan fingerprint density at radius 1 is 1.50 bits per heavy atom. The van der Waals surface area contributed by atoms with E-state index < -0.39 is 6.10 Å². The molecular formula is C14H21NO3. The molecule has 3 unspecified atom stereocenters. The third-order valence-corrected chi connectivity index (χ3v) is 3.26. The Morgan fingerprint density at radius 2 is 2.28 bits per heavy atom. The quantitative estimate of drug-likeness (QED) is 0.829. The second-order valence-corrected chi connectivity index (χ2v) is 4.82. The number of benzene rings is 1. The predicted molar refractivity (Wildman–Crippen MR) is 69.7 cm³/mol. The van der Waals surface area contributed by atoms with E-state index in [4.69, 9.17) is 9.47 Å². The van der Waals surface area contributed by atoms with Crippen molar-refractivity contribution < 1.29 is 14.6 Å². The van der Waals surface area contributed by atoms with Gasteiger partial charge < -0.3 is 19.9 Å². The fourth-order valence-corrected chi connectivity index (χ4v) is 2.32. The van der Waals surface area contributed by atoms with E-state index >= 15 is 0 Å². The summed E-state index contributed by atoms with van der Waals surface area (Å²) in [6.45, 7) is 3.73. The summed E-state index contributed by atoms with van der Waals surface area (Å²) in [7, 11) is 1.59. The van der Waals surface area contributed by atoms with Crippen LogP contribution in [0.5, 0.6) is 5.75 Å². The van der Waals surface area contributed by atoms with Crippen LogP contribution in [0.4, 0.5) is 0 Å². The first-order valence-corrected chi connectivity index (χ1v) is 6.34. The number of aliphatic hydroxyl groups is 1. The molecule has 4 heteroatoms. The fraction of sp³-hybridized carbons (Fsp3) is 0.571. The van der Waals surface area contributed by atoms with Gasteiger partial charge in [-0.15, -0.1) is 0 Å². The van der Waals surface area contributed by atoms with Crippen LogP contribution in [0.1, 0.15) is 18.5 Å². The largest absolute Gasteiger partial charge is 0.493 e. The van der Waals surface area contributed by atoms with E-state index in [1.807, 2.05) is 18.2 Å². The van der Waals surface area contributed by atoms with E-state index in [2.05, 4.69) is 18.3 Å². The Morgan fingerprint density at radius 3 is 3.06 bits per heavy atom. The van der Waals surface area contributed by atoms with Crippen molar-refractivity contribution in [3.63, 3.8) is 0 Å². The number of hydrogen-bond donors (Lipinski definition) is 2. The summed E-state index contributed by atoms with van der Waals surface area (Å²) in [6.07, 6.45) is -0.475. The Balaban J connectivity index is 2.03. The fourth-order valence-electron chi connectivity index (χ4n) is 2.32. The molecule has 100 valence electrons. The highest BCUT2D eigenvalue weighted by molar-refractivity contribution is 5.37. The van der Waals surface area contributed by atoms with Gasteiger partial charge in [0.1, 0.15) is 5.75 Å². The van der Waals surface area contributed by atoms with E-state index in [9.17, 15) is 5.11 Å². The maximum absolute atomic E-state index is 9.70. The molecule has 0 saturated carbocycles. The molecule has 0 aromatic heterocycles. The highest BCUT2D eigenvalue weighted by Crippen LogP contribution is 2.34. The Bertz CT molecular complexity index is 383. The molecule has 0 amide bonds. The van der Waals surface area contributed by atoms with Crippen molar-refractivity contribution in [3.05, 3.63) is 29.8 Å². The van der Waals surface area contributed by atoms with Crippen molar-refractivity contribution in [2.45, 2.75) is 19.1 Å². The lowest BCUT2D eigenvalue weighted by Gasteiger charge is -2.32. The van der Waals surface area contributed by atoms with Gasteiger partial charge in [0.25, 0.3) is 0 Å². The molecule has 4 nitrogen and oxygen atoms in total. The van der Waals surface area contributed by atoms with Crippen LogP contribution in [-0.4, -0.2) is 38.1 Å². The molecule has 0 spiro atoms. The van der Waals surface area contributed by atoms with Crippen molar-refractivity contribution in [3.8, 4) is 5.75 Å². The molecule has 2 rings (SSSR count). The molecule has 18 heavy (non-hydrogen) atoms. The third-order valence-electron chi connectivity index (χ3n) is 3.26. The molecule has 0 fully saturated rings. The monoisotopic (exact) mass is 251 g/mol. The van der Waals surface area contributed by atoms with Crippen molar-refractivity contribution in [2.24, 2.45) is 5.92 Å². The van der Waals surface area contributed by atoms with Gasteiger partial charge in [0, 0.05) is 31.2 Å². The molecule has 0 saturated heterocycles. The lowest BCUT2D eigenvalue weighted by Crippen LogP contribution is -2.39. The third kappa shape index (κ3) is 3.02. The van der Waals surface area contributed by atoms with Crippen molar-refractivity contribution in [1.29, 1.82) is 0 Å². The van der Waals surface area contributed by atoms with Crippen LogP contribution >= 0.6 is 0 Å². The number of aliphatic hydroxyl groups excluding tert-OH is 1. The van der Waals surface area contributed by atoms with Crippen LogP contribution in [0.3, 0.4) is 0 Å². The van der Waals surface area contributed by atoms with Crippen LogP contribution in [0.2, 0.25) is 0 Å². The van der Waals surface area contributed by atoms with E-state index in [0.29, 0.717) is 25.7 Å². The van der Waals surface area contributed by atoms with Gasteiger partial charge in [-0.05, 0) is 6.07 Å². The number of fused-ring (bicyclic) bond motifs is 1. The van der Waals surface area contributed by atoms with Crippen LogP contribution < -0.4 is 10.1 Å². The predicted octanol–water partition coefficient (Wildman–Crippen LogP) is 1.35. The summed E-state index contributed by atoms with van der Waals surface area (Å²) >= 11 is 0. The molecule has 1 heterocycles. The van der Waals surface area contributed by atoms with E-state index in [0.717, 1.165) is 5.75 Å². The maximum Gasteiger partial charge on any atom is 0.124 e. The zero-order valence-corrected chi connectivity index (χ0v) is 10.9. The highest BCUT2D eigenvalue weighted by Gasteiger charge is 2.27. The summed E-state index contributed by atoms with van der Waals surface area (Å²) in [6, 6.07) is 8.28. The molecule has 0 bridgehead atoms. The number of rotatable bonds is 5. The van der Waals surface area contributed by atoms with Crippen LogP contribution in [0, 0.1) is 5.92 Å². The SMILES string of the molecule is COCC(O)CNC1c2ccccc2OCC1C. The summed E-state index contributed by atoms with van der Waals surface area (Å²) in [5.41, 5.74) is 1.17. The normalized spacial score (nSPS) is 24.2. The van der Waals surface area contributed by atoms with Crippen molar-refractivity contribution in [1.82, 2.24) is 5.32 Å². The first-order valence-electron chi connectivity index (χ1n) is 6.34. The number of methoxy groups -OCH3 is 1. The van der Waals surface area contributed by atoms with Crippen molar-refractivity contribution >= 4 is 0 Å². The Hall–Kier alpha value is -1.10. The van der Waals surface area contributed by atoms with Gasteiger partial charge in [0.05, 0.1) is 19.3 Å². The first kappa shape index (κ1) is 13.3. The smallest absolute Gasteiger partial charge is 0.124 e. The maximum atomic E-state index is 9.70. The summed E-state index contributed by atoms with van der Waals surface area (Å²) in [4.78, 5) is 0. The highest BCUT2D eigenvalue weighted by atomic mass is 16.5. The van der Waals surface area contributed by atoms with E-state index in [1.165, 1.54) is 5.56 Å². The molecular weight excluding hydrogens is 230 g/mol. The second-order valence-electron chi connectivity index (χ2n) is 4.82. The zero-order valence-electron chi connectivity index (χ0n) is 10.9. The van der Waals surface area contributed by atoms with Gasteiger partial charge in [-0.1, -0.05) is 25.1 Å². The van der Waals surface area contributed by atoms with Gasteiger partial charge in [-0.3, -0.25) is 0 Å². The van der Waals surface area contributed by atoms with Gasteiger partial charge in [0.15, 0.2) is 0 Å². The molecule has 1 aromatic rings. The standard InChI is InChI=1S/C14H21NO3/c1-10-8-18-13-6-4-3-5-12(13)14(10)15-7-11(16)9-17-2/h3-6,10-11,14-16H,7-9H2,1-2H3. The van der Waals surface area contributed by atoms with Gasteiger partial charge in [-0.2, -0.15) is 0 Å². The number of ether oxygens (including phenoxy) is 2. The zero-order chi connectivity index (χ0) is 13.0. The van der Waals surface area contributed by atoms with Gasteiger partial charge in [0.2, 0.25) is 0 Å². The Labute approximate surface area is 108 Å². The van der Waals surface area contributed by atoms with Gasteiger partial charge >= 0.3 is 0 Å². The van der Waals surface area contributed by atoms with Crippen molar-refractivity contribution in [2.75, 3.05) is 26.9 Å². The Kier molecular flexibility index (Phi) is 4.58. The summed E-state index contributed by atoms with van der Waals surface area (Å²) in [5.74, 6) is 1.32. The summed E-state index contributed by atoms with van der Waals surface area (Å²) in [5, 5.41) is 13.1. The van der Waals surface area contributed by atoms with Crippen LogP contribution in [-0.2, 0) is 4.74 Å². The topological polar surface area (TPSA) is 50.7 Å². The average molecular weight is 251 g/mol. The minimum atomic E-state index is -0.475. The number of nitrogens with one attached hydrogen (secondary N) is 1. The second kappa shape index (κ2) is 6.18. The molecule has 1 aliphatic rings. The lowest BCUT2D eigenvalue weighted by molar-refractivity contribution is 0.0590. The molecule has 1 aliphatic heterocycles. The molecule has 0 radical (unpaired) electrons. The molecule has 1 aromatic carbocycles.